The fourth-order valence-corrected chi connectivity index (χ4v) is 1.91. The molecule has 0 unspecified atom stereocenters. The van der Waals surface area contributed by atoms with Gasteiger partial charge in [-0.05, 0) is 18.6 Å². The van der Waals surface area contributed by atoms with Crippen LogP contribution < -0.4 is 0 Å². The maximum absolute atomic E-state index is 11.9. The molecule has 4 nitrogen and oxygen atoms in total. The summed E-state index contributed by atoms with van der Waals surface area (Å²) in [5.41, 5.74) is 0. The van der Waals surface area contributed by atoms with Crippen molar-refractivity contribution in [2.24, 2.45) is 0 Å². The van der Waals surface area contributed by atoms with Crippen LogP contribution in [0.5, 0.6) is 0 Å². The third-order valence-electron chi connectivity index (χ3n) is 2.01. The molecule has 1 amide bonds. The molecule has 0 aliphatic heterocycles. The first-order valence-electron chi connectivity index (χ1n) is 6.06. The molecule has 0 aliphatic rings. The highest BCUT2D eigenvalue weighted by Crippen LogP contribution is 2.10. The van der Waals surface area contributed by atoms with Gasteiger partial charge in [-0.2, -0.15) is 0 Å². The molecule has 17 heavy (non-hydrogen) atoms. The van der Waals surface area contributed by atoms with Gasteiger partial charge in [0.15, 0.2) is 0 Å². The summed E-state index contributed by atoms with van der Waals surface area (Å²) in [5.74, 6) is 0.110. The van der Waals surface area contributed by atoms with E-state index in [0.717, 1.165) is 6.42 Å². The molecule has 0 saturated carbocycles. The number of rotatable bonds is 8. The SMILES string of the molecule is CCCN(CC(=O)OCC)C(=O)CSC(C)C. The van der Waals surface area contributed by atoms with Crippen molar-refractivity contribution in [2.75, 3.05) is 25.4 Å². The van der Waals surface area contributed by atoms with E-state index in [4.69, 9.17) is 4.74 Å². The molecule has 0 aromatic carbocycles. The van der Waals surface area contributed by atoms with E-state index in [1.165, 1.54) is 0 Å². The van der Waals surface area contributed by atoms with Crippen LogP contribution in [0.4, 0.5) is 0 Å². The molecule has 0 N–H and O–H groups in total. The predicted molar refractivity (Wildman–Crippen MR) is 71.1 cm³/mol. The van der Waals surface area contributed by atoms with Gasteiger partial charge < -0.3 is 9.64 Å². The summed E-state index contributed by atoms with van der Waals surface area (Å²) in [6, 6.07) is 0. The van der Waals surface area contributed by atoms with Gasteiger partial charge in [-0.3, -0.25) is 9.59 Å². The van der Waals surface area contributed by atoms with E-state index in [2.05, 4.69) is 0 Å². The van der Waals surface area contributed by atoms with Gasteiger partial charge in [0, 0.05) is 6.54 Å². The molecule has 0 fully saturated rings. The van der Waals surface area contributed by atoms with E-state index in [-0.39, 0.29) is 18.4 Å². The molecule has 0 aromatic heterocycles. The van der Waals surface area contributed by atoms with Gasteiger partial charge in [-0.25, -0.2) is 0 Å². The van der Waals surface area contributed by atoms with E-state index in [1.807, 2.05) is 20.8 Å². The number of esters is 1. The number of hydrogen-bond donors (Lipinski definition) is 0. The highest BCUT2D eigenvalue weighted by molar-refractivity contribution is 8.00. The maximum Gasteiger partial charge on any atom is 0.325 e. The van der Waals surface area contributed by atoms with Gasteiger partial charge >= 0.3 is 5.97 Å². The Labute approximate surface area is 108 Å². The average Bonchev–Trinajstić information content (AvgIpc) is 2.25. The fraction of sp³-hybridized carbons (Fsp3) is 0.833. The summed E-state index contributed by atoms with van der Waals surface area (Å²) < 4.78 is 4.85. The highest BCUT2D eigenvalue weighted by atomic mass is 32.2. The second kappa shape index (κ2) is 9.33. The van der Waals surface area contributed by atoms with Crippen molar-refractivity contribution < 1.29 is 14.3 Å². The van der Waals surface area contributed by atoms with Gasteiger partial charge in [0.05, 0.1) is 12.4 Å². The van der Waals surface area contributed by atoms with Gasteiger partial charge in [0.25, 0.3) is 0 Å². The Morgan fingerprint density at radius 3 is 2.41 bits per heavy atom. The molecule has 0 aromatic rings. The van der Waals surface area contributed by atoms with Crippen LogP contribution in [0.1, 0.15) is 34.1 Å². The highest BCUT2D eigenvalue weighted by Gasteiger charge is 2.17. The minimum Gasteiger partial charge on any atom is -0.465 e. The predicted octanol–water partition coefficient (Wildman–Crippen LogP) is 1.93. The van der Waals surface area contributed by atoms with E-state index in [0.29, 0.717) is 24.2 Å². The normalized spacial score (nSPS) is 10.4. The van der Waals surface area contributed by atoms with E-state index >= 15 is 0 Å². The van der Waals surface area contributed by atoms with Crippen LogP contribution in [0.25, 0.3) is 0 Å². The van der Waals surface area contributed by atoms with Gasteiger partial charge in [0.2, 0.25) is 5.91 Å². The Balaban J connectivity index is 4.20. The van der Waals surface area contributed by atoms with Crippen LogP contribution in [-0.2, 0) is 14.3 Å². The zero-order valence-corrected chi connectivity index (χ0v) is 12.0. The van der Waals surface area contributed by atoms with E-state index in [1.54, 1.807) is 23.6 Å². The number of thioether (sulfide) groups is 1. The molecule has 5 heteroatoms. The zero-order chi connectivity index (χ0) is 13.3. The molecule has 0 radical (unpaired) electrons. The second-order valence-electron chi connectivity index (χ2n) is 3.98. The Bertz CT molecular complexity index is 244. The first kappa shape index (κ1) is 16.3. The lowest BCUT2D eigenvalue weighted by Gasteiger charge is -2.21. The summed E-state index contributed by atoms with van der Waals surface area (Å²) >= 11 is 1.59. The van der Waals surface area contributed by atoms with Crippen LogP contribution in [0.3, 0.4) is 0 Å². The number of nitrogens with zero attached hydrogens (tertiary/aromatic N) is 1. The maximum atomic E-state index is 11.9. The summed E-state index contributed by atoms with van der Waals surface area (Å²) in [5, 5.41) is 0.421. The van der Waals surface area contributed by atoms with Crippen LogP contribution in [-0.4, -0.2) is 47.5 Å². The standard InChI is InChI=1S/C12H23NO3S/c1-5-7-13(8-12(15)16-6-2)11(14)9-17-10(3)4/h10H,5-9H2,1-4H3. The molecule has 0 heterocycles. The van der Waals surface area contributed by atoms with Crippen molar-refractivity contribution in [1.82, 2.24) is 4.90 Å². The van der Waals surface area contributed by atoms with Crippen molar-refractivity contribution in [3.63, 3.8) is 0 Å². The van der Waals surface area contributed by atoms with Crippen LogP contribution in [0.2, 0.25) is 0 Å². The molecule has 0 rings (SSSR count). The molecule has 0 atom stereocenters. The molecule has 0 aliphatic carbocycles. The number of carbonyl (C=O) groups excluding carboxylic acids is 2. The Morgan fingerprint density at radius 2 is 1.94 bits per heavy atom. The topological polar surface area (TPSA) is 46.6 Å². The van der Waals surface area contributed by atoms with E-state index in [9.17, 15) is 9.59 Å². The van der Waals surface area contributed by atoms with Gasteiger partial charge in [-0.1, -0.05) is 20.8 Å². The lowest BCUT2D eigenvalue weighted by atomic mass is 10.4. The van der Waals surface area contributed by atoms with Crippen molar-refractivity contribution >= 4 is 23.6 Å². The number of carbonyl (C=O) groups is 2. The quantitative estimate of drug-likeness (QED) is 0.626. The van der Waals surface area contributed by atoms with Gasteiger partial charge in [0.1, 0.15) is 6.54 Å². The molecule has 100 valence electrons. The molecular formula is C12H23NO3S. The first-order valence-corrected chi connectivity index (χ1v) is 7.11. The molecular weight excluding hydrogens is 238 g/mol. The molecule has 0 bridgehead atoms. The van der Waals surface area contributed by atoms with Gasteiger partial charge in [-0.15, -0.1) is 11.8 Å². The Morgan fingerprint density at radius 1 is 1.29 bits per heavy atom. The summed E-state index contributed by atoms with van der Waals surface area (Å²) in [4.78, 5) is 24.8. The lowest BCUT2D eigenvalue weighted by molar-refractivity contribution is -0.148. The van der Waals surface area contributed by atoms with Crippen LogP contribution in [0, 0.1) is 0 Å². The molecule has 0 saturated heterocycles. The third kappa shape index (κ3) is 8.07. The summed E-state index contributed by atoms with van der Waals surface area (Å²) in [6.45, 7) is 8.88. The summed E-state index contributed by atoms with van der Waals surface area (Å²) in [7, 11) is 0. The summed E-state index contributed by atoms with van der Waals surface area (Å²) in [6.07, 6.45) is 0.845. The monoisotopic (exact) mass is 261 g/mol. The number of hydrogen-bond acceptors (Lipinski definition) is 4. The third-order valence-corrected chi connectivity index (χ3v) is 3.09. The minimum atomic E-state index is -0.330. The fourth-order valence-electron chi connectivity index (χ4n) is 1.25. The van der Waals surface area contributed by atoms with Crippen molar-refractivity contribution in [3.8, 4) is 0 Å². The van der Waals surface area contributed by atoms with Crippen molar-refractivity contribution in [2.45, 2.75) is 39.4 Å². The second-order valence-corrected chi connectivity index (χ2v) is 5.54. The van der Waals surface area contributed by atoms with Crippen LogP contribution in [0.15, 0.2) is 0 Å². The van der Waals surface area contributed by atoms with Crippen molar-refractivity contribution in [3.05, 3.63) is 0 Å². The van der Waals surface area contributed by atoms with E-state index < -0.39 is 0 Å². The Kier molecular flexibility index (Phi) is 8.94. The molecule has 0 spiro atoms. The lowest BCUT2D eigenvalue weighted by Crippen LogP contribution is -2.38. The zero-order valence-electron chi connectivity index (χ0n) is 11.2. The Hall–Kier alpha value is -0.710. The van der Waals surface area contributed by atoms with Crippen LogP contribution >= 0.6 is 11.8 Å². The minimum absolute atomic E-state index is 0.0126. The smallest absolute Gasteiger partial charge is 0.325 e. The first-order chi connectivity index (χ1) is 8.01. The van der Waals surface area contributed by atoms with Crippen molar-refractivity contribution in [1.29, 1.82) is 0 Å². The largest absolute Gasteiger partial charge is 0.465 e. The average molecular weight is 261 g/mol. The number of ether oxygens (including phenoxy) is 1. The number of amides is 1.